The van der Waals surface area contributed by atoms with Gasteiger partial charge in [-0.15, -0.1) is 11.8 Å². The van der Waals surface area contributed by atoms with E-state index in [0.717, 1.165) is 5.56 Å². The number of benzene rings is 2. The molecule has 0 saturated carbocycles. The summed E-state index contributed by atoms with van der Waals surface area (Å²) in [6, 6.07) is 20.7. The summed E-state index contributed by atoms with van der Waals surface area (Å²) in [6.45, 7) is 3.20. The number of carbonyl (C=O) groups excluding carboxylic acids is 1. The molecular weight excluding hydrogens is 485 g/mol. The maximum absolute atomic E-state index is 13.5. The molecule has 2 aromatic carbocycles. The minimum atomic E-state index is -3.92. The third-order valence-electron chi connectivity index (χ3n) is 6.05. The van der Waals surface area contributed by atoms with E-state index in [4.69, 9.17) is 0 Å². The highest BCUT2D eigenvalue weighted by Gasteiger charge is 2.41. The zero-order chi connectivity index (χ0) is 25.1. The van der Waals surface area contributed by atoms with Crippen molar-refractivity contribution >= 4 is 27.7 Å². The van der Waals surface area contributed by atoms with Gasteiger partial charge in [0.25, 0.3) is 0 Å². The highest BCUT2D eigenvalue weighted by atomic mass is 32.2. The summed E-state index contributed by atoms with van der Waals surface area (Å²) < 4.78 is 41.5. The van der Waals surface area contributed by atoms with Crippen LogP contribution in [-0.2, 0) is 20.2 Å². The second-order valence-corrected chi connectivity index (χ2v) is 12.1. The Morgan fingerprint density at radius 3 is 2.43 bits per heavy atom. The summed E-state index contributed by atoms with van der Waals surface area (Å²) in [5.74, 6) is 0.106. The molecule has 0 spiro atoms. The molecule has 1 saturated heterocycles. The van der Waals surface area contributed by atoms with Crippen LogP contribution in [-0.4, -0.2) is 48.0 Å². The molecule has 3 aromatic rings. The van der Waals surface area contributed by atoms with Gasteiger partial charge in [-0.3, -0.25) is 14.2 Å². The Kier molecular flexibility index (Phi) is 7.59. The monoisotopic (exact) mass is 513 g/mol. The molecule has 1 aromatic heterocycles. The highest BCUT2D eigenvalue weighted by molar-refractivity contribution is 8.02. The zero-order valence-electron chi connectivity index (χ0n) is 19.6. The molecule has 1 aliphatic rings. The molecule has 2 atom stereocenters. The molecule has 0 aliphatic carbocycles. The number of sulfonamides is 1. The van der Waals surface area contributed by atoms with Gasteiger partial charge < -0.3 is 5.32 Å². The van der Waals surface area contributed by atoms with Gasteiger partial charge in [-0.05, 0) is 35.4 Å². The molecule has 1 amide bonds. The predicted octanol–water partition coefficient (Wildman–Crippen LogP) is 4.30. The fraction of sp³-hybridized carbons (Fsp3) is 0.308. The van der Waals surface area contributed by atoms with E-state index in [-0.39, 0.29) is 11.4 Å². The summed E-state index contributed by atoms with van der Waals surface area (Å²) in [6.07, 6.45) is 1.66. The van der Waals surface area contributed by atoms with Gasteiger partial charge in [0.15, 0.2) is 0 Å². The normalized spacial score (nSPS) is 17.7. The smallest absolute Gasteiger partial charge is 0.249 e. The van der Waals surface area contributed by atoms with E-state index >= 15 is 0 Å². The van der Waals surface area contributed by atoms with Crippen LogP contribution < -0.4 is 5.32 Å². The van der Waals surface area contributed by atoms with Crippen LogP contribution in [0.5, 0.6) is 0 Å². The standard InChI is InChI=1S/C26H28FN3O3S2/c1-26(2,18-27)20-11-13-21(14-12-20)35(32,33)30-16-17-34-25(30)24(31)29-23(19-8-4-3-5-9-19)22-10-6-7-15-28-22/h3-15,23,25H,16-18H2,1-2H3,(H,29,31)/t23-,25+/m1/s1. The molecule has 2 heterocycles. The first-order valence-corrected chi connectivity index (χ1v) is 13.8. The maximum atomic E-state index is 13.5. The number of rotatable bonds is 8. The van der Waals surface area contributed by atoms with E-state index in [1.54, 1.807) is 38.2 Å². The summed E-state index contributed by atoms with van der Waals surface area (Å²) >= 11 is 1.29. The third kappa shape index (κ3) is 5.42. The quantitative estimate of drug-likeness (QED) is 0.486. The number of nitrogens with one attached hydrogen (secondary N) is 1. The lowest BCUT2D eigenvalue weighted by atomic mass is 9.86. The predicted molar refractivity (Wildman–Crippen MR) is 136 cm³/mol. The largest absolute Gasteiger partial charge is 0.341 e. The van der Waals surface area contributed by atoms with Crippen molar-refractivity contribution in [1.29, 1.82) is 0 Å². The average molecular weight is 514 g/mol. The summed E-state index contributed by atoms with van der Waals surface area (Å²) in [5, 5.41) is 2.11. The van der Waals surface area contributed by atoms with Gasteiger partial charge in [-0.25, -0.2) is 8.42 Å². The summed E-state index contributed by atoms with van der Waals surface area (Å²) in [5.41, 5.74) is 1.52. The minimum Gasteiger partial charge on any atom is -0.341 e. The molecule has 35 heavy (non-hydrogen) atoms. The number of pyridine rings is 1. The summed E-state index contributed by atoms with van der Waals surface area (Å²) in [7, 11) is -3.92. The summed E-state index contributed by atoms with van der Waals surface area (Å²) in [4.78, 5) is 17.9. The fourth-order valence-corrected chi connectivity index (χ4v) is 7.02. The lowest BCUT2D eigenvalue weighted by Crippen LogP contribution is -2.46. The molecule has 0 bridgehead atoms. The number of aromatic nitrogens is 1. The van der Waals surface area contributed by atoms with Gasteiger partial charge in [0, 0.05) is 23.9 Å². The molecule has 0 radical (unpaired) electrons. The number of alkyl halides is 1. The number of hydrogen-bond acceptors (Lipinski definition) is 5. The second-order valence-electron chi connectivity index (χ2n) is 8.99. The zero-order valence-corrected chi connectivity index (χ0v) is 21.2. The molecule has 9 heteroatoms. The molecule has 0 unspecified atom stereocenters. The molecule has 1 aliphatic heterocycles. The Labute approximate surface area is 210 Å². The number of amides is 1. The van der Waals surface area contributed by atoms with Crippen molar-refractivity contribution in [1.82, 2.24) is 14.6 Å². The molecular formula is C26H28FN3O3S2. The van der Waals surface area contributed by atoms with Crippen LogP contribution in [0, 0.1) is 0 Å². The number of carbonyl (C=O) groups is 1. The first-order valence-electron chi connectivity index (χ1n) is 11.3. The van der Waals surface area contributed by atoms with Crippen LogP contribution in [0.4, 0.5) is 4.39 Å². The minimum absolute atomic E-state index is 0.0838. The van der Waals surface area contributed by atoms with Gasteiger partial charge in [0.05, 0.1) is 23.3 Å². The van der Waals surface area contributed by atoms with Crippen LogP contribution >= 0.6 is 11.8 Å². The lowest BCUT2D eigenvalue weighted by Gasteiger charge is -2.26. The highest BCUT2D eigenvalue weighted by Crippen LogP contribution is 2.32. The molecule has 4 rings (SSSR count). The van der Waals surface area contributed by atoms with Crippen LogP contribution in [0.3, 0.4) is 0 Å². The molecule has 184 valence electrons. The van der Waals surface area contributed by atoms with Gasteiger partial charge in [0.2, 0.25) is 15.9 Å². The molecule has 1 N–H and O–H groups in total. The topological polar surface area (TPSA) is 79.4 Å². The van der Waals surface area contributed by atoms with E-state index in [1.165, 1.54) is 28.2 Å². The fourth-order valence-electron chi connectivity index (χ4n) is 3.93. The Bertz CT molecular complexity index is 1210. The Morgan fingerprint density at radius 2 is 1.80 bits per heavy atom. The van der Waals surface area contributed by atoms with Gasteiger partial charge in [-0.1, -0.05) is 62.4 Å². The van der Waals surface area contributed by atoms with Crippen molar-refractivity contribution in [2.75, 3.05) is 19.0 Å². The van der Waals surface area contributed by atoms with Gasteiger partial charge in [0.1, 0.15) is 5.37 Å². The second kappa shape index (κ2) is 10.5. The Hall–Kier alpha value is -2.75. The van der Waals surface area contributed by atoms with E-state index in [9.17, 15) is 17.6 Å². The van der Waals surface area contributed by atoms with Crippen LogP contribution in [0.2, 0.25) is 0 Å². The van der Waals surface area contributed by atoms with Gasteiger partial charge >= 0.3 is 0 Å². The van der Waals surface area contributed by atoms with Crippen molar-refractivity contribution < 1.29 is 17.6 Å². The first kappa shape index (κ1) is 25.3. The first-order chi connectivity index (χ1) is 16.7. The van der Waals surface area contributed by atoms with E-state index < -0.39 is 39.4 Å². The average Bonchev–Trinajstić information content (AvgIpc) is 3.39. The van der Waals surface area contributed by atoms with Crippen LogP contribution in [0.25, 0.3) is 0 Å². The maximum Gasteiger partial charge on any atom is 0.249 e. The van der Waals surface area contributed by atoms with E-state index in [1.807, 2.05) is 42.5 Å². The van der Waals surface area contributed by atoms with Crippen molar-refractivity contribution in [3.8, 4) is 0 Å². The molecule has 1 fully saturated rings. The number of halogens is 1. The number of thioether (sulfide) groups is 1. The van der Waals surface area contributed by atoms with Crippen LogP contribution in [0.1, 0.15) is 36.7 Å². The lowest BCUT2D eigenvalue weighted by molar-refractivity contribution is -0.122. The van der Waals surface area contributed by atoms with Crippen molar-refractivity contribution in [2.24, 2.45) is 0 Å². The number of nitrogens with zero attached hydrogens (tertiary/aromatic N) is 2. The SMILES string of the molecule is CC(C)(CF)c1ccc(S(=O)(=O)N2CCS[C@H]2C(=O)N[C@H](c2ccccc2)c2ccccn2)cc1. The Morgan fingerprint density at radius 1 is 1.11 bits per heavy atom. The number of hydrogen-bond donors (Lipinski definition) is 1. The van der Waals surface area contributed by atoms with Crippen molar-refractivity contribution in [2.45, 2.75) is 35.6 Å². The van der Waals surface area contributed by atoms with Crippen molar-refractivity contribution in [3.05, 3.63) is 95.8 Å². The van der Waals surface area contributed by atoms with E-state index in [2.05, 4.69) is 10.3 Å². The van der Waals surface area contributed by atoms with Crippen LogP contribution in [0.15, 0.2) is 83.9 Å². The van der Waals surface area contributed by atoms with Crippen molar-refractivity contribution in [3.63, 3.8) is 0 Å². The van der Waals surface area contributed by atoms with Gasteiger partial charge in [-0.2, -0.15) is 4.31 Å². The molecule has 6 nitrogen and oxygen atoms in total. The van der Waals surface area contributed by atoms with E-state index in [0.29, 0.717) is 17.0 Å². The third-order valence-corrected chi connectivity index (χ3v) is 9.27. The Balaban J connectivity index is 1.58.